The van der Waals surface area contributed by atoms with Crippen molar-refractivity contribution < 1.29 is 4.42 Å². The summed E-state index contributed by atoms with van der Waals surface area (Å²) in [5, 5.41) is 8.45. The fourth-order valence-electron chi connectivity index (χ4n) is 3.05. The Balaban J connectivity index is 1.69. The molecule has 0 radical (unpaired) electrons. The Labute approximate surface area is 125 Å². The van der Waals surface area contributed by atoms with E-state index in [1.807, 2.05) is 19.4 Å². The van der Waals surface area contributed by atoms with Gasteiger partial charge in [-0.2, -0.15) is 0 Å². The first-order valence-corrected chi connectivity index (χ1v) is 7.66. The number of oxazole rings is 1. The topological polar surface area (TPSA) is 60.0 Å². The first-order valence-electron chi connectivity index (χ1n) is 7.66. The largest absolute Gasteiger partial charge is 0.445 e. The summed E-state index contributed by atoms with van der Waals surface area (Å²) in [6.45, 7) is 9.16. The van der Waals surface area contributed by atoms with Gasteiger partial charge in [0.1, 0.15) is 17.9 Å². The minimum Gasteiger partial charge on any atom is -0.445 e. The summed E-state index contributed by atoms with van der Waals surface area (Å²) in [5.41, 5.74) is 0. The molecule has 2 aromatic heterocycles. The molecule has 1 fully saturated rings. The standard InChI is InChI=1S/C15H23N5O/c1-11(2)20-10-17-18-15(20)13-5-4-6-19(8-13)9-14-7-16-12(3)21-14/h7,10-11,13H,4-6,8-9H2,1-3H3. The van der Waals surface area contributed by atoms with E-state index in [0.29, 0.717) is 12.0 Å². The van der Waals surface area contributed by atoms with Crippen LogP contribution in [-0.4, -0.2) is 37.7 Å². The smallest absolute Gasteiger partial charge is 0.191 e. The number of piperidine rings is 1. The monoisotopic (exact) mass is 289 g/mol. The molecule has 0 aliphatic carbocycles. The number of aryl methyl sites for hydroxylation is 1. The highest BCUT2D eigenvalue weighted by atomic mass is 16.4. The van der Waals surface area contributed by atoms with E-state index in [9.17, 15) is 0 Å². The molecule has 0 saturated carbocycles. The summed E-state index contributed by atoms with van der Waals surface area (Å²) in [7, 11) is 0. The molecule has 114 valence electrons. The Bertz CT molecular complexity index is 588. The summed E-state index contributed by atoms with van der Waals surface area (Å²) in [4.78, 5) is 6.59. The highest BCUT2D eigenvalue weighted by Gasteiger charge is 2.26. The summed E-state index contributed by atoms with van der Waals surface area (Å²) >= 11 is 0. The molecule has 6 nitrogen and oxygen atoms in total. The molecule has 0 aromatic carbocycles. The molecule has 3 rings (SSSR count). The van der Waals surface area contributed by atoms with E-state index in [0.717, 1.165) is 37.1 Å². The van der Waals surface area contributed by atoms with E-state index in [2.05, 4.69) is 38.5 Å². The van der Waals surface area contributed by atoms with Crippen molar-refractivity contribution in [3.63, 3.8) is 0 Å². The second-order valence-corrected chi connectivity index (χ2v) is 6.11. The lowest BCUT2D eigenvalue weighted by atomic mass is 9.97. The van der Waals surface area contributed by atoms with Gasteiger partial charge < -0.3 is 8.98 Å². The van der Waals surface area contributed by atoms with E-state index in [4.69, 9.17) is 4.42 Å². The number of hydrogen-bond donors (Lipinski definition) is 0. The van der Waals surface area contributed by atoms with Gasteiger partial charge in [-0.25, -0.2) is 4.98 Å². The minimum absolute atomic E-state index is 0.405. The van der Waals surface area contributed by atoms with Crippen LogP contribution in [-0.2, 0) is 6.54 Å². The zero-order valence-corrected chi connectivity index (χ0v) is 13.0. The molecule has 6 heteroatoms. The van der Waals surface area contributed by atoms with Crippen LogP contribution in [0.2, 0.25) is 0 Å². The van der Waals surface area contributed by atoms with Crippen LogP contribution in [0.3, 0.4) is 0 Å². The molecule has 3 heterocycles. The Morgan fingerprint density at radius 1 is 1.43 bits per heavy atom. The number of likely N-dealkylation sites (tertiary alicyclic amines) is 1. The van der Waals surface area contributed by atoms with E-state index < -0.39 is 0 Å². The molecule has 1 atom stereocenters. The molecule has 1 saturated heterocycles. The Morgan fingerprint density at radius 3 is 3.00 bits per heavy atom. The molecule has 0 spiro atoms. The van der Waals surface area contributed by atoms with Crippen molar-refractivity contribution in [2.75, 3.05) is 13.1 Å². The third-order valence-corrected chi connectivity index (χ3v) is 4.08. The third kappa shape index (κ3) is 3.15. The normalized spacial score (nSPS) is 20.3. The quantitative estimate of drug-likeness (QED) is 0.865. The molecule has 1 aliphatic rings. The molecule has 1 unspecified atom stereocenters. The molecule has 2 aromatic rings. The Hall–Kier alpha value is -1.69. The average Bonchev–Trinajstić information content (AvgIpc) is 3.08. The lowest BCUT2D eigenvalue weighted by molar-refractivity contribution is 0.180. The van der Waals surface area contributed by atoms with E-state index in [1.54, 1.807) is 0 Å². The minimum atomic E-state index is 0.405. The van der Waals surface area contributed by atoms with Crippen LogP contribution in [0.25, 0.3) is 0 Å². The van der Waals surface area contributed by atoms with Crippen LogP contribution in [0.5, 0.6) is 0 Å². The number of nitrogens with zero attached hydrogens (tertiary/aromatic N) is 5. The highest BCUT2D eigenvalue weighted by molar-refractivity contribution is 5.02. The number of rotatable bonds is 4. The first kappa shape index (κ1) is 14.3. The van der Waals surface area contributed by atoms with Gasteiger partial charge in [0.15, 0.2) is 5.89 Å². The van der Waals surface area contributed by atoms with Gasteiger partial charge in [-0.1, -0.05) is 0 Å². The van der Waals surface area contributed by atoms with Crippen molar-refractivity contribution in [3.05, 3.63) is 30.0 Å². The van der Waals surface area contributed by atoms with Crippen molar-refractivity contribution >= 4 is 0 Å². The van der Waals surface area contributed by atoms with Crippen LogP contribution >= 0.6 is 0 Å². The molecular formula is C15H23N5O. The third-order valence-electron chi connectivity index (χ3n) is 4.08. The SMILES string of the molecule is Cc1ncc(CN2CCCC(c3nncn3C(C)C)C2)o1. The van der Waals surface area contributed by atoms with Gasteiger partial charge in [0, 0.05) is 25.4 Å². The summed E-state index contributed by atoms with van der Waals surface area (Å²) in [6.07, 6.45) is 6.04. The van der Waals surface area contributed by atoms with Gasteiger partial charge in [0.05, 0.1) is 12.7 Å². The van der Waals surface area contributed by atoms with Gasteiger partial charge in [0.2, 0.25) is 0 Å². The molecule has 1 aliphatic heterocycles. The zero-order valence-electron chi connectivity index (χ0n) is 13.0. The van der Waals surface area contributed by atoms with Crippen molar-refractivity contribution in [2.45, 2.75) is 52.1 Å². The number of hydrogen-bond acceptors (Lipinski definition) is 5. The van der Waals surface area contributed by atoms with Crippen molar-refractivity contribution in [1.29, 1.82) is 0 Å². The Kier molecular flexibility index (Phi) is 4.05. The summed E-state index contributed by atoms with van der Waals surface area (Å²) in [6, 6.07) is 0.405. The second-order valence-electron chi connectivity index (χ2n) is 6.11. The maximum Gasteiger partial charge on any atom is 0.191 e. The van der Waals surface area contributed by atoms with Crippen LogP contribution in [0.15, 0.2) is 16.9 Å². The van der Waals surface area contributed by atoms with E-state index in [1.165, 1.54) is 12.8 Å². The lowest BCUT2D eigenvalue weighted by Gasteiger charge is -2.32. The van der Waals surface area contributed by atoms with Gasteiger partial charge in [-0.05, 0) is 33.2 Å². The number of aromatic nitrogens is 4. The zero-order chi connectivity index (χ0) is 14.8. The van der Waals surface area contributed by atoms with Crippen LogP contribution in [0.1, 0.15) is 56.1 Å². The van der Waals surface area contributed by atoms with Gasteiger partial charge in [-0.3, -0.25) is 4.90 Å². The molecule has 0 amide bonds. The Morgan fingerprint density at radius 2 is 2.29 bits per heavy atom. The second kappa shape index (κ2) is 5.97. The van der Waals surface area contributed by atoms with Gasteiger partial charge in [-0.15, -0.1) is 10.2 Å². The van der Waals surface area contributed by atoms with Crippen molar-refractivity contribution in [3.8, 4) is 0 Å². The predicted octanol–water partition coefficient (Wildman–Crippen LogP) is 2.54. The highest BCUT2D eigenvalue weighted by Crippen LogP contribution is 2.27. The van der Waals surface area contributed by atoms with Crippen LogP contribution in [0.4, 0.5) is 0 Å². The molecule has 0 bridgehead atoms. The fourth-order valence-corrected chi connectivity index (χ4v) is 3.05. The first-order chi connectivity index (χ1) is 10.1. The van der Waals surface area contributed by atoms with Gasteiger partial charge >= 0.3 is 0 Å². The lowest BCUT2D eigenvalue weighted by Crippen LogP contribution is -2.35. The molecule has 21 heavy (non-hydrogen) atoms. The summed E-state index contributed by atoms with van der Waals surface area (Å²) < 4.78 is 7.78. The van der Waals surface area contributed by atoms with E-state index >= 15 is 0 Å². The van der Waals surface area contributed by atoms with Crippen LogP contribution < -0.4 is 0 Å². The maximum atomic E-state index is 5.59. The predicted molar refractivity (Wildman–Crippen MR) is 78.9 cm³/mol. The molecular weight excluding hydrogens is 266 g/mol. The van der Waals surface area contributed by atoms with Gasteiger partial charge in [0.25, 0.3) is 0 Å². The maximum absolute atomic E-state index is 5.59. The van der Waals surface area contributed by atoms with E-state index in [-0.39, 0.29) is 0 Å². The van der Waals surface area contributed by atoms with Crippen molar-refractivity contribution in [1.82, 2.24) is 24.6 Å². The molecule has 0 N–H and O–H groups in total. The average molecular weight is 289 g/mol. The summed E-state index contributed by atoms with van der Waals surface area (Å²) in [5.74, 6) is 3.24. The van der Waals surface area contributed by atoms with Crippen LogP contribution in [0, 0.1) is 6.92 Å². The van der Waals surface area contributed by atoms with Crippen molar-refractivity contribution in [2.24, 2.45) is 0 Å². The fraction of sp³-hybridized carbons (Fsp3) is 0.667.